The quantitative estimate of drug-likeness (QED) is 0.107. The SMILES string of the molecule is CC(C)(O/N=C(\C(=O)N[C@@H]1C(=O)N(S(=O)(=O)O)[C@@H]1COC(N)=O)c1csc(N)n1)C(=O)O. The van der Waals surface area contributed by atoms with Crippen LogP contribution < -0.4 is 16.8 Å². The highest BCUT2D eigenvalue weighted by Crippen LogP contribution is 2.24. The molecule has 0 aromatic carbocycles. The Morgan fingerprint density at radius 1 is 1.41 bits per heavy atom. The van der Waals surface area contributed by atoms with E-state index in [1.807, 2.05) is 0 Å². The molecule has 2 heterocycles. The highest BCUT2D eigenvalue weighted by atomic mass is 32.2. The van der Waals surface area contributed by atoms with Crippen molar-refractivity contribution in [2.75, 3.05) is 12.3 Å². The Morgan fingerprint density at radius 3 is 2.50 bits per heavy atom. The van der Waals surface area contributed by atoms with Crippen LogP contribution in [0, 0.1) is 0 Å². The maximum absolute atomic E-state index is 12.8. The minimum absolute atomic E-state index is 0.0113. The first-order valence-electron chi connectivity index (χ1n) is 8.40. The molecular formula is C14H18N6O10S2. The standard InChI is InChI=1S/C14H18N6O10S2/c1-14(2,11(23)24)30-19-7(5-4-31-12(15)17-5)9(21)18-8-6(3-29-13(16)25)20(10(8)22)32(26,27)28/h4,6,8H,3H2,1-2H3,(H2,15,17)(H2,16,25)(H,18,21)(H,23,24)(H,26,27,28)/b19-7-/t6-,8+/m1/s1. The Balaban J connectivity index is 2.32. The van der Waals surface area contributed by atoms with Crippen LogP contribution in [0.2, 0.25) is 0 Å². The topological polar surface area (TPSA) is 254 Å². The number of carboxylic acid groups (broad SMARTS) is 1. The first-order valence-corrected chi connectivity index (χ1v) is 10.7. The van der Waals surface area contributed by atoms with Gasteiger partial charge < -0.3 is 31.5 Å². The lowest BCUT2D eigenvalue weighted by Crippen LogP contribution is -2.73. The van der Waals surface area contributed by atoms with Crippen molar-refractivity contribution in [2.45, 2.75) is 31.5 Å². The number of rotatable bonds is 9. The number of anilines is 1. The van der Waals surface area contributed by atoms with Crippen molar-refractivity contribution < 1.29 is 46.8 Å². The summed E-state index contributed by atoms with van der Waals surface area (Å²) in [5, 5.41) is 16.1. The van der Waals surface area contributed by atoms with E-state index in [-0.39, 0.29) is 15.1 Å². The summed E-state index contributed by atoms with van der Waals surface area (Å²) in [5.41, 5.74) is 7.79. The van der Waals surface area contributed by atoms with E-state index in [1.54, 1.807) is 0 Å². The smallest absolute Gasteiger partial charge is 0.404 e. The second kappa shape index (κ2) is 8.93. The molecule has 0 aliphatic carbocycles. The average Bonchev–Trinajstić information content (AvgIpc) is 3.07. The van der Waals surface area contributed by atoms with Gasteiger partial charge in [0.15, 0.2) is 10.8 Å². The number of primary amides is 1. The molecule has 0 unspecified atom stereocenters. The molecule has 0 radical (unpaired) electrons. The van der Waals surface area contributed by atoms with E-state index in [0.29, 0.717) is 0 Å². The van der Waals surface area contributed by atoms with Gasteiger partial charge in [-0.3, -0.25) is 14.1 Å². The molecule has 1 saturated heterocycles. The van der Waals surface area contributed by atoms with Crippen LogP contribution in [0.1, 0.15) is 19.5 Å². The summed E-state index contributed by atoms with van der Waals surface area (Å²) in [5.74, 6) is -3.78. The number of nitrogens with two attached hydrogens (primary N) is 2. The van der Waals surface area contributed by atoms with Crippen LogP contribution in [0.3, 0.4) is 0 Å². The Kier molecular flexibility index (Phi) is 6.90. The van der Waals surface area contributed by atoms with Crippen LogP contribution in [-0.2, 0) is 34.3 Å². The molecule has 1 fully saturated rings. The zero-order valence-corrected chi connectivity index (χ0v) is 18.0. The molecule has 16 nitrogen and oxygen atoms in total. The van der Waals surface area contributed by atoms with Gasteiger partial charge in [0.1, 0.15) is 24.4 Å². The van der Waals surface area contributed by atoms with E-state index in [9.17, 15) is 32.1 Å². The fourth-order valence-electron chi connectivity index (χ4n) is 2.30. The predicted molar refractivity (Wildman–Crippen MR) is 106 cm³/mol. The Morgan fingerprint density at radius 2 is 2.03 bits per heavy atom. The molecule has 32 heavy (non-hydrogen) atoms. The summed E-state index contributed by atoms with van der Waals surface area (Å²) in [7, 11) is -5.04. The number of oxime groups is 1. The Labute approximate surface area is 184 Å². The van der Waals surface area contributed by atoms with E-state index in [4.69, 9.17) is 21.4 Å². The number of nitrogens with zero attached hydrogens (tertiary/aromatic N) is 3. The Bertz CT molecular complexity index is 1080. The number of aliphatic carboxylic acids is 1. The molecule has 1 aromatic heterocycles. The molecule has 3 amide bonds. The number of nitrogens with one attached hydrogen (secondary N) is 1. The van der Waals surface area contributed by atoms with Gasteiger partial charge in [0.05, 0.1) is 0 Å². The van der Waals surface area contributed by atoms with Gasteiger partial charge in [0.25, 0.3) is 11.8 Å². The second-order valence-electron chi connectivity index (χ2n) is 6.68. The van der Waals surface area contributed by atoms with Gasteiger partial charge in [-0.25, -0.2) is 18.9 Å². The number of thiazole rings is 1. The van der Waals surface area contributed by atoms with Gasteiger partial charge in [0, 0.05) is 5.38 Å². The summed E-state index contributed by atoms with van der Waals surface area (Å²) < 4.78 is 36.4. The van der Waals surface area contributed by atoms with Crippen molar-refractivity contribution in [3.63, 3.8) is 0 Å². The molecule has 0 bridgehead atoms. The molecule has 0 spiro atoms. The number of aromatic nitrogens is 1. The molecule has 1 aliphatic rings. The third-order valence-electron chi connectivity index (χ3n) is 3.96. The fraction of sp³-hybridized carbons (Fsp3) is 0.429. The number of carboxylic acids is 1. The van der Waals surface area contributed by atoms with Crippen molar-refractivity contribution in [1.82, 2.24) is 14.6 Å². The molecule has 176 valence electrons. The van der Waals surface area contributed by atoms with Crippen molar-refractivity contribution in [1.29, 1.82) is 0 Å². The van der Waals surface area contributed by atoms with Crippen LogP contribution >= 0.6 is 11.3 Å². The van der Waals surface area contributed by atoms with Crippen molar-refractivity contribution in [3.8, 4) is 0 Å². The molecule has 1 aromatic rings. The lowest BCUT2D eigenvalue weighted by Gasteiger charge is -2.43. The van der Waals surface area contributed by atoms with E-state index in [1.165, 1.54) is 5.38 Å². The number of nitrogen functional groups attached to an aromatic ring is 1. The van der Waals surface area contributed by atoms with Gasteiger partial charge in [-0.15, -0.1) is 11.3 Å². The molecule has 1 aliphatic heterocycles. The minimum Gasteiger partial charge on any atom is -0.478 e. The third-order valence-corrected chi connectivity index (χ3v) is 5.58. The highest BCUT2D eigenvalue weighted by Gasteiger charge is 2.55. The van der Waals surface area contributed by atoms with Crippen LogP contribution in [0.5, 0.6) is 0 Å². The molecule has 7 N–H and O–H groups in total. The lowest BCUT2D eigenvalue weighted by molar-refractivity contribution is -0.161. The Hall–Kier alpha value is -3.51. The van der Waals surface area contributed by atoms with Crippen LogP contribution in [-0.4, -0.2) is 81.2 Å². The molecule has 2 rings (SSSR count). The minimum atomic E-state index is -5.04. The average molecular weight is 494 g/mol. The van der Waals surface area contributed by atoms with E-state index in [0.717, 1.165) is 25.2 Å². The van der Waals surface area contributed by atoms with Crippen molar-refractivity contribution in [3.05, 3.63) is 11.1 Å². The first-order chi connectivity index (χ1) is 14.6. The molecule has 2 atom stereocenters. The third kappa shape index (κ3) is 5.39. The van der Waals surface area contributed by atoms with Crippen molar-refractivity contribution >= 4 is 56.4 Å². The molecule has 18 heteroatoms. The summed E-state index contributed by atoms with van der Waals surface area (Å²) in [6.07, 6.45) is -1.30. The van der Waals surface area contributed by atoms with Gasteiger partial charge in [-0.2, -0.15) is 8.42 Å². The number of hydrogen-bond donors (Lipinski definition) is 5. The van der Waals surface area contributed by atoms with Gasteiger partial charge in [0.2, 0.25) is 5.60 Å². The number of carbonyl (C=O) groups is 4. The maximum Gasteiger partial charge on any atom is 0.404 e. The van der Waals surface area contributed by atoms with Crippen molar-refractivity contribution in [2.24, 2.45) is 10.9 Å². The number of hydrogen-bond acceptors (Lipinski definition) is 12. The summed E-state index contributed by atoms with van der Waals surface area (Å²) in [6.45, 7) is 1.53. The summed E-state index contributed by atoms with van der Waals surface area (Å²) in [4.78, 5) is 55.8. The lowest BCUT2D eigenvalue weighted by atomic mass is 9.99. The fourth-order valence-corrected chi connectivity index (χ4v) is 3.72. The monoisotopic (exact) mass is 494 g/mol. The van der Waals surface area contributed by atoms with Crippen LogP contribution in [0.25, 0.3) is 0 Å². The van der Waals surface area contributed by atoms with Gasteiger partial charge in [-0.05, 0) is 13.8 Å². The largest absolute Gasteiger partial charge is 0.478 e. The van der Waals surface area contributed by atoms with Crippen LogP contribution in [0.4, 0.5) is 9.93 Å². The zero-order valence-electron chi connectivity index (χ0n) is 16.4. The van der Waals surface area contributed by atoms with E-state index >= 15 is 0 Å². The first kappa shape index (κ1) is 24.8. The van der Waals surface area contributed by atoms with Gasteiger partial charge in [-0.1, -0.05) is 5.16 Å². The predicted octanol–water partition coefficient (Wildman–Crippen LogP) is -2.10. The van der Waals surface area contributed by atoms with Gasteiger partial charge >= 0.3 is 22.4 Å². The number of β-lactam (4-membered cyclic amide) rings is 1. The van der Waals surface area contributed by atoms with E-state index in [2.05, 4.69) is 20.2 Å². The number of amides is 3. The highest BCUT2D eigenvalue weighted by molar-refractivity contribution is 7.84. The second-order valence-corrected chi connectivity index (χ2v) is 8.86. The zero-order chi connectivity index (χ0) is 24.4. The summed E-state index contributed by atoms with van der Waals surface area (Å²) in [6, 6.07) is -3.11. The van der Waals surface area contributed by atoms with E-state index < -0.39 is 64.2 Å². The molecule has 0 saturated carbocycles. The maximum atomic E-state index is 12.8. The normalized spacial score (nSPS) is 19.2. The number of ether oxygens (including phenoxy) is 1. The number of carbonyl (C=O) groups excluding carboxylic acids is 3. The van der Waals surface area contributed by atoms with Crippen LogP contribution in [0.15, 0.2) is 10.5 Å². The molecular weight excluding hydrogens is 476 g/mol. The summed E-state index contributed by atoms with van der Waals surface area (Å²) >= 11 is 0.920.